The van der Waals surface area contributed by atoms with Gasteiger partial charge < -0.3 is 5.11 Å². The molecule has 1 atom stereocenters. The van der Waals surface area contributed by atoms with E-state index < -0.39 is 5.97 Å². The van der Waals surface area contributed by atoms with E-state index in [0.717, 1.165) is 27.8 Å². The molecule has 0 amide bonds. The SMILES string of the molecule is Cc1ccc2c(c1C)-c1cc(Cl)cc(Cl)c1C2CC(=O)O. The number of fused-ring (bicyclic) bond motifs is 3. The summed E-state index contributed by atoms with van der Waals surface area (Å²) in [5, 5.41) is 10.3. The van der Waals surface area contributed by atoms with Crippen LogP contribution in [0.15, 0.2) is 24.3 Å². The smallest absolute Gasteiger partial charge is 0.304 e. The van der Waals surface area contributed by atoms with E-state index >= 15 is 0 Å². The largest absolute Gasteiger partial charge is 0.481 e. The van der Waals surface area contributed by atoms with Crippen LogP contribution in [0.5, 0.6) is 0 Å². The number of carboxylic acids is 1. The van der Waals surface area contributed by atoms with Crippen LogP contribution in [0.4, 0.5) is 0 Å². The Hall–Kier alpha value is -1.51. The van der Waals surface area contributed by atoms with Gasteiger partial charge in [-0.1, -0.05) is 35.3 Å². The highest BCUT2D eigenvalue weighted by molar-refractivity contribution is 6.36. The van der Waals surface area contributed by atoms with Crippen molar-refractivity contribution in [3.8, 4) is 11.1 Å². The minimum absolute atomic E-state index is 0.0316. The number of halogens is 2. The van der Waals surface area contributed by atoms with Crippen LogP contribution < -0.4 is 0 Å². The summed E-state index contributed by atoms with van der Waals surface area (Å²) >= 11 is 12.5. The number of rotatable bonds is 2. The molecule has 1 aliphatic rings. The molecule has 108 valence electrons. The van der Waals surface area contributed by atoms with Crippen LogP contribution in [0.2, 0.25) is 10.0 Å². The van der Waals surface area contributed by atoms with Gasteiger partial charge in [0, 0.05) is 16.0 Å². The fourth-order valence-corrected chi connectivity index (χ4v) is 3.80. The third-order valence-electron chi connectivity index (χ3n) is 4.23. The molecule has 4 heteroatoms. The number of carboxylic acid groups (broad SMARTS) is 1. The van der Waals surface area contributed by atoms with E-state index in [9.17, 15) is 9.90 Å². The van der Waals surface area contributed by atoms with E-state index in [0.29, 0.717) is 10.0 Å². The first-order valence-corrected chi connectivity index (χ1v) is 7.47. The van der Waals surface area contributed by atoms with Crippen molar-refractivity contribution in [2.24, 2.45) is 0 Å². The van der Waals surface area contributed by atoms with Gasteiger partial charge in [0.2, 0.25) is 0 Å². The highest BCUT2D eigenvalue weighted by Crippen LogP contribution is 2.51. The molecule has 0 aliphatic heterocycles. The average Bonchev–Trinajstić information content (AvgIpc) is 2.68. The van der Waals surface area contributed by atoms with E-state index in [1.165, 1.54) is 5.56 Å². The van der Waals surface area contributed by atoms with Gasteiger partial charge in [-0.05, 0) is 59.4 Å². The second kappa shape index (κ2) is 5.04. The molecule has 2 aromatic rings. The summed E-state index contributed by atoms with van der Waals surface area (Å²) < 4.78 is 0. The molecular weight excluding hydrogens is 307 g/mol. The van der Waals surface area contributed by atoms with Gasteiger partial charge in [0.1, 0.15) is 0 Å². The maximum Gasteiger partial charge on any atom is 0.304 e. The molecule has 2 nitrogen and oxygen atoms in total. The van der Waals surface area contributed by atoms with Crippen LogP contribution in [0.3, 0.4) is 0 Å². The minimum Gasteiger partial charge on any atom is -0.481 e. The van der Waals surface area contributed by atoms with Crippen molar-refractivity contribution in [3.63, 3.8) is 0 Å². The van der Waals surface area contributed by atoms with Crippen molar-refractivity contribution in [2.75, 3.05) is 0 Å². The first-order valence-electron chi connectivity index (χ1n) is 6.71. The van der Waals surface area contributed by atoms with E-state index in [2.05, 4.69) is 6.92 Å². The maximum atomic E-state index is 11.2. The lowest BCUT2D eigenvalue weighted by Gasteiger charge is -2.13. The molecule has 3 rings (SSSR count). The van der Waals surface area contributed by atoms with Crippen LogP contribution >= 0.6 is 23.2 Å². The second-order valence-electron chi connectivity index (χ2n) is 5.47. The van der Waals surface area contributed by atoms with Crippen molar-refractivity contribution >= 4 is 29.2 Å². The Labute approximate surface area is 133 Å². The molecule has 0 radical (unpaired) electrons. The summed E-state index contributed by atoms with van der Waals surface area (Å²) in [6, 6.07) is 7.61. The van der Waals surface area contributed by atoms with Gasteiger partial charge in [-0.25, -0.2) is 0 Å². The van der Waals surface area contributed by atoms with E-state index in [-0.39, 0.29) is 12.3 Å². The van der Waals surface area contributed by atoms with Crippen LogP contribution in [-0.2, 0) is 4.79 Å². The third kappa shape index (κ3) is 2.23. The van der Waals surface area contributed by atoms with E-state index in [4.69, 9.17) is 23.2 Å². The number of aryl methyl sites for hydroxylation is 1. The lowest BCUT2D eigenvalue weighted by molar-refractivity contribution is -0.137. The minimum atomic E-state index is -0.831. The van der Waals surface area contributed by atoms with Gasteiger partial charge in [-0.2, -0.15) is 0 Å². The molecule has 0 heterocycles. The number of benzene rings is 2. The van der Waals surface area contributed by atoms with Crippen LogP contribution in [0, 0.1) is 13.8 Å². The van der Waals surface area contributed by atoms with Gasteiger partial charge in [-0.3, -0.25) is 4.79 Å². The molecule has 2 aromatic carbocycles. The number of hydrogen-bond acceptors (Lipinski definition) is 1. The van der Waals surface area contributed by atoms with Gasteiger partial charge in [0.25, 0.3) is 0 Å². The van der Waals surface area contributed by atoms with E-state index in [1.54, 1.807) is 6.07 Å². The molecule has 0 saturated heterocycles. The van der Waals surface area contributed by atoms with Crippen molar-refractivity contribution in [1.82, 2.24) is 0 Å². The third-order valence-corrected chi connectivity index (χ3v) is 4.77. The maximum absolute atomic E-state index is 11.2. The first-order chi connectivity index (χ1) is 9.90. The zero-order valence-corrected chi connectivity index (χ0v) is 13.2. The Bertz CT molecular complexity index is 766. The molecule has 0 bridgehead atoms. The van der Waals surface area contributed by atoms with Crippen LogP contribution in [0.1, 0.15) is 34.6 Å². The fraction of sp³-hybridized carbons (Fsp3) is 0.235. The predicted molar refractivity (Wildman–Crippen MR) is 85.5 cm³/mol. The molecule has 0 saturated carbocycles. The van der Waals surface area contributed by atoms with Crippen molar-refractivity contribution in [2.45, 2.75) is 26.2 Å². The fourth-order valence-electron chi connectivity index (χ4n) is 3.17. The Kier molecular flexibility index (Phi) is 3.46. The monoisotopic (exact) mass is 320 g/mol. The Balaban J connectivity index is 2.35. The molecular formula is C17H14Cl2O2. The van der Waals surface area contributed by atoms with Crippen molar-refractivity contribution in [1.29, 1.82) is 0 Å². The van der Waals surface area contributed by atoms with Crippen LogP contribution in [0.25, 0.3) is 11.1 Å². The molecule has 1 unspecified atom stereocenters. The molecule has 1 N–H and O–H groups in total. The molecule has 0 fully saturated rings. The Morgan fingerprint density at radius 1 is 1.24 bits per heavy atom. The van der Waals surface area contributed by atoms with Gasteiger partial charge >= 0.3 is 5.97 Å². The normalized spacial score (nSPS) is 15.7. The first kappa shape index (κ1) is 14.4. The van der Waals surface area contributed by atoms with Crippen molar-refractivity contribution in [3.05, 3.63) is 56.6 Å². The van der Waals surface area contributed by atoms with Gasteiger partial charge in [-0.15, -0.1) is 0 Å². The van der Waals surface area contributed by atoms with Crippen molar-refractivity contribution < 1.29 is 9.90 Å². The lowest BCUT2D eigenvalue weighted by atomic mass is 9.92. The summed E-state index contributed by atoms with van der Waals surface area (Å²) in [5.41, 5.74) is 6.29. The molecule has 0 spiro atoms. The van der Waals surface area contributed by atoms with Crippen LogP contribution in [-0.4, -0.2) is 11.1 Å². The second-order valence-corrected chi connectivity index (χ2v) is 6.31. The van der Waals surface area contributed by atoms with E-state index in [1.807, 2.05) is 25.1 Å². The summed E-state index contributed by atoms with van der Waals surface area (Å²) in [7, 11) is 0. The number of carbonyl (C=O) groups is 1. The molecule has 0 aromatic heterocycles. The summed E-state index contributed by atoms with van der Waals surface area (Å²) in [4.78, 5) is 11.2. The highest BCUT2D eigenvalue weighted by atomic mass is 35.5. The van der Waals surface area contributed by atoms with Gasteiger partial charge in [0.15, 0.2) is 0 Å². The molecule has 1 aliphatic carbocycles. The Morgan fingerprint density at radius 3 is 2.62 bits per heavy atom. The summed E-state index contributed by atoms with van der Waals surface area (Å²) in [6.45, 7) is 4.10. The topological polar surface area (TPSA) is 37.3 Å². The number of hydrogen-bond donors (Lipinski definition) is 1. The van der Waals surface area contributed by atoms with Gasteiger partial charge in [0.05, 0.1) is 6.42 Å². The standard InChI is InChI=1S/C17H14Cl2O2/c1-8-3-4-11-12(7-15(20)21)17-13(16(11)9(8)2)5-10(18)6-14(17)19/h3-6,12H,7H2,1-2H3,(H,20,21). The lowest BCUT2D eigenvalue weighted by Crippen LogP contribution is -2.05. The predicted octanol–water partition coefficient (Wildman–Crippen LogP) is 5.20. The number of aliphatic carboxylic acids is 1. The zero-order valence-electron chi connectivity index (χ0n) is 11.7. The average molecular weight is 321 g/mol. The molecule has 21 heavy (non-hydrogen) atoms. The Morgan fingerprint density at radius 2 is 1.95 bits per heavy atom. The summed E-state index contributed by atoms with van der Waals surface area (Å²) in [5.74, 6) is -1.04. The quantitative estimate of drug-likeness (QED) is 0.826. The zero-order chi connectivity index (χ0) is 15.3. The highest BCUT2D eigenvalue weighted by Gasteiger charge is 2.33. The summed E-state index contributed by atoms with van der Waals surface area (Å²) in [6.07, 6.45) is 0.0316.